The fourth-order valence-corrected chi connectivity index (χ4v) is 2.85. The molecule has 0 saturated heterocycles. The Morgan fingerprint density at radius 2 is 1.59 bits per heavy atom. The average Bonchev–Trinajstić information content (AvgIpc) is 2.43. The van der Waals surface area contributed by atoms with Crippen LogP contribution in [0.3, 0.4) is 0 Å². The zero-order chi connectivity index (χ0) is 15.4. The number of nitrogen functional groups attached to an aromatic ring is 1. The van der Waals surface area contributed by atoms with E-state index >= 15 is 0 Å². The Kier molecular flexibility index (Phi) is 4.29. The Morgan fingerprint density at radius 1 is 0.909 bits per heavy atom. The summed E-state index contributed by atoms with van der Waals surface area (Å²) < 4.78 is 33.1. The minimum atomic E-state index is -4.71. The molecule has 0 bridgehead atoms. The molecule has 8 heteroatoms. The van der Waals surface area contributed by atoms with Gasteiger partial charge in [0.2, 0.25) is 0 Å². The topological polar surface area (TPSA) is 117 Å². The average molecular weight is 325 g/mol. The van der Waals surface area contributed by atoms with Crippen LogP contribution >= 0.6 is 0 Å². The van der Waals surface area contributed by atoms with Gasteiger partial charge in [0.05, 0.1) is 10.5 Å². The standard InChI is InChI=1S/C14H9NO5S.Na/c15-11-3-1-2-9-12(11)14(17)10-6-7(21(18,19)20)4-5-8(10)13(9)16;/h1-6H,15H2,(H,18,19,20);/q;+1/p-1. The third-order valence-corrected chi connectivity index (χ3v) is 4.17. The predicted molar refractivity (Wildman–Crippen MR) is 72.1 cm³/mol. The smallest absolute Gasteiger partial charge is 0.744 e. The first-order chi connectivity index (χ1) is 9.80. The van der Waals surface area contributed by atoms with Crippen molar-refractivity contribution in [1.29, 1.82) is 0 Å². The van der Waals surface area contributed by atoms with E-state index in [9.17, 15) is 22.6 Å². The number of nitrogens with two attached hydrogens (primary N) is 1. The maximum Gasteiger partial charge on any atom is 1.00 e. The van der Waals surface area contributed by atoms with Gasteiger partial charge in [-0.3, -0.25) is 9.59 Å². The molecule has 0 amide bonds. The summed E-state index contributed by atoms with van der Waals surface area (Å²) in [6.45, 7) is 0. The van der Waals surface area contributed by atoms with Gasteiger partial charge in [0.15, 0.2) is 11.6 Å². The molecule has 106 valence electrons. The predicted octanol–water partition coefficient (Wildman–Crippen LogP) is -2.05. The summed E-state index contributed by atoms with van der Waals surface area (Å²) in [7, 11) is -4.71. The number of carbonyl (C=O) groups excluding carboxylic acids is 2. The molecule has 2 aromatic carbocycles. The SMILES string of the molecule is Nc1cccc2c1C(=O)c1cc(S(=O)(=O)[O-])ccc1C2=O.[Na+]. The molecule has 0 radical (unpaired) electrons. The van der Waals surface area contributed by atoms with Gasteiger partial charge in [-0.1, -0.05) is 12.1 Å². The number of hydrogen-bond donors (Lipinski definition) is 1. The summed E-state index contributed by atoms with van der Waals surface area (Å²) in [5.41, 5.74) is 6.00. The quantitative estimate of drug-likeness (QED) is 0.313. The third-order valence-electron chi connectivity index (χ3n) is 3.34. The van der Waals surface area contributed by atoms with E-state index < -0.39 is 26.6 Å². The molecule has 2 aromatic rings. The number of benzene rings is 2. The normalized spacial score (nSPS) is 13.1. The molecule has 0 atom stereocenters. The minimum absolute atomic E-state index is 0. The van der Waals surface area contributed by atoms with E-state index in [1.807, 2.05) is 0 Å². The van der Waals surface area contributed by atoms with Crippen molar-refractivity contribution in [2.45, 2.75) is 4.90 Å². The van der Waals surface area contributed by atoms with E-state index in [1.54, 1.807) is 6.07 Å². The van der Waals surface area contributed by atoms with Crippen LogP contribution in [0.15, 0.2) is 41.3 Å². The van der Waals surface area contributed by atoms with Crippen LogP contribution in [0, 0.1) is 0 Å². The van der Waals surface area contributed by atoms with Gasteiger partial charge in [0.25, 0.3) is 0 Å². The molecule has 22 heavy (non-hydrogen) atoms. The van der Waals surface area contributed by atoms with Crippen LogP contribution in [0.25, 0.3) is 0 Å². The van der Waals surface area contributed by atoms with Crippen LogP contribution in [-0.4, -0.2) is 24.5 Å². The Bertz CT molecular complexity index is 921. The summed E-state index contributed by atoms with van der Waals surface area (Å²) in [5, 5.41) is 0. The first kappa shape index (κ1) is 16.9. The number of ketones is 2. The van der Waals surface area contributed by atoms with Crippen LogP contribution in [-0.2, 0) is 10.1 Å². The second-order valence-corrected chi connectivity index (χ2v) is 5.97. The Balaban J connectivity index is 0.00000176. The van der Waals surface area contributed by atoms with Gasteiger partial charge in [-0.2, -0.15) is 0 Å². The van der Waals surface area contributed by atoms with Gasteiger partial charge in [-0.15, -0.1) is 0 Å². The molecule has 3 rings (SSSR count). The molecule has 0 unspecified atom stereocenters. The first-order valence-electron chi connectivity index (χ1n) is 5.88. The maximum atomic E-state index is 12.4. The Morgan fingerprint density at radius 3 is 2.23 bits per heavy atom. The number of rotatable bonds is 1. The van der Waals surface area contributed by atoms with Crippen LogP contribution in [0.5, 0.6) is 0 Å². The van der Waals surface area contributed by atoms with Crippen molar-refractivity contribution in [2.75, 3.05) is 5.73 Å². The van der Waals surface area contributed by atoms with Gasteiger partial charge in [-0.25, -0.2) is 8.42 Å². The van der Waals surface area contributed by atoms with Crippen molar-refractivity contribution in [2.24, 2.45) is 0 Å². The van der Waals surface area contributed by atoms with Crippen molar-refractivity contribution < 1.29 is 52.1 Å². The Labute approximate surface area is 148 Å². The van der Waals surface area contributed by atoms with Gasteiger partial charge < -0.3 is 10.3 Å². The van der Waals surface area contributed by atoms with Crippen molar-refractivity contribution in [3.63, 3.8) is 0 Å². The third kappa shape index (κ3) is 2.51. The zero-order valence-corrected chi connectivity index (χ0v) is 14.3. The molecule has 1 aliphatic rings. The molecule has 0 heterocycles. The van der Waals surface area contributed by atoms with E-state index in [0.29, 0.717) is 0 Å². The molecule has 0 saturated carbocycles. The van der Waals surface area contributed by atoms with Gasteiger partial charge in [0.1, 0.15) is 10.1 Å². The van der Waals surface area contributed by atoms with E-state index in [4.69, 9.17) is 5.73 Å². The number of hydrogen-bond acceptors (Lipinski definition) is 6. The summed E-state index contributed by atoms with van der Waals surface area (Å²) >= 11 is 0. The van der Waals surface area contributed by atoms with Crippen LogP contribution in [0.1, 0.15) is 31.8 Å². The molecule has 0 aliphatic heterocycles. The molecule has 6 nitrogen and oxygen atoms in total. The zero-order valence-electron chi connectivity index (χ0n) is 11.5. The number of carbonyl (C=O) groups is 2. The van der Waals surface area contributed by atoms with Gasteiger partial charge in [-0.05, 0) is 24.3 Å². The maximum absolute atomic E-state index is 12.4. The minimum Gasteiger partial charge on any atom is -0.744 e. The second kappa shape index (κ2) is 5.60. The molecule has 0 aromatic heterocycles. The van der Waals surface area contributed by atoms with E-state index in [-0.39, 0.29) is 57.5 Å². The summed E-state index contributed by atoms with van der Waals surface area (Å²) in [5.74, 6) is -0.995. The fourth-order valence-electron chi connectivity index (χ4n) is 2.36. The van der Waals surface area contributed by atoms with E-state index in [1.165, 1.54) is 18.2 Å². The van der Waals surface area contributed by atoms with Crippen molar-refractivity contribution >= 4 is 27.4 Å². The second-order valence-electron chi connectivity index (χ2n) is 4.59. The molecular formula is C14H8NNaO5S. The molecule has 2 N–H and O–H groups in total. The monoisotopic (exact) mass is 325 g/mol. The summed E-state index contributed by atoms with van der Waals surface area (Å²) in [6.07, 6.45) is 0. The summed E-state index contributed by atoms with van der Waals surface area (Å²) in [6, 6.07) is 7.63. The summed E-state index contributed by atoms with van der Waals surface area (Å²) in [4.78, 5) is 24.2. The van der Waals surface area contributed by atoms with Crippen LogP contribution in [0.4, 0.5) is 5.69 Å². The largest absolute Gasteiger partial charge is 1.00 e. The van der Waals surface area contributed by atoms with Crippen molar-refractivity contribution in [3.05, 3.63) is 58.7 Å². The van der Waals surface area contributed by atoms with Gasteiger partial charge >= 0.3 is 29.6 Å². The van der Waals surface area contributed by atoms with Crippen LogP contribution < -0.4 is 35.3 Å². The van der Waals surface area contributed by atoms with Crippen molar-refractivity contribution in [3.8, 4) is 0 Å². The molecular weight excluding hydrogens is 317 g/mol. The van der Waals surface area contributed by atoms with E-state index in [2.05, 4.69) is 0 Å². The molecule has 1 aliphatic carbocycles. The fraction of sp³-hybridized carbons (Fsp3) is 0. The molecule has 0 spiro atoms. The molecule has 0 fully saturated rings. The first-order valence-corrected chi connectivity index (χ1v) is 7.29. The number of anilines is 1. The number of fused-ring (bicyclic) bond motifs is 2. The van der Waals surface area contributed by atoms with Crippen LogP contribution in [0.2, 0.25) is 0 Å². The van der Waals surface area contributed by atoms with E-state index in [0.717, 1.165) is 12.1 Å². The Hall–Kier alpha value is -1.51. The van der Waals surface area contributed by atoms with Gasteiger partial charge in [0, 0.05) is 22.4 Å². The van der Waals surface area contributed by atoms with Crippen molar-refractivity contribution in [1.82, 2.24) is 0 Å².